The van der Waals surface area contributed by atoms with E-state index in [4.69, 9.17) is 5.73 Å². The predicted octanol–water partition coefficient (Wildman–Crippen LogP) is 3.17. The summed E-state index contributed by atoms with van der Waals surface area (Å²) in [6, 6.07) is 8.08. The van der Waals surface area contributed by atoms with E-state index in [9.17, 15) is 4.79 Å². The molecule has 0 bridgehead atoms. The number of aromatic nitrogens is 2. The lowest BCUT2D eigenvalue weighted by atomic mass is 10.2. The Labute approximate surface area is 131 Å². The molecule has 0 spiro atoms. The molecule has 1 amide bonds. The zero-order valence-electron chi connectivity index (χ0n) is 9.71. The highest BCUT2D eigenvalue weighted by Crippen LogP contribution is 2.31. The summed E-state index contributed by atoms with van der Waals surface area (Å²) in [5.74, 6) is 0.725. The summed E-state index contributed by atoms with van der Waals surface area (Å²) in [7, 11) is 0. The maximum atomic E-state index is 10.7. The van der Waals surface area contributed by atoms with Gasteiger partial charge in [-0.1, -0.05) is 69.0 Å². The van der Waals surface area contributed by atoms with Crippen LogP contribution in [0, 0.1) is 0 Å². The molecule has 0 unspecified atom stereocenters. The molecule has 4 nitrogen and oxygen atoms in total. The fraction of sp³-hybridized carbons (Fsp3) is 0.182. The van der Waals surface area contributed by atoms with Gasteiger partial charge in [-0.3, -0.25) is 4.79 Å². The Balaban J connectivity index is 1.90. The largest absolute Gasteiger partial charge is 0.369 e. The molecule has 2 rings (SSSR count). The molecule has 1 heterocycles. The Morgan fingerprint density at radius 3 is 2.63 bits per heavy atom. The van der Waals surface area contributed by atoms with Crippen molar-refractivity contribution in [3.8, 4) is 0 Å². The Bertz CT molecular complexity index is 576. The summed E-state index contributed by atoms with van der Waals surface area (Å²) in [6.07, 6.45) is 0. The van der Waals surface area contributed by atoms with Crippen molar-refractivity contribution in [2.24, 2.45) is 5.73 Å². The van der Waals surface area contributed by atoms with Crippen LogP contribution >= 0.6 is 50.8 Å². The minimum absolute atomic E-state index is 0.240. The number of thioether (sulfide) groups is 2. The molecule has 1 aromatic heterocycles. The van der Waals surface area contributed by atoms with Crippen molar-refractivity contribution in [1.82, 2.24) is 10.2 Å². The first-order chi connectivity index (χ1) is 9.15. The highest BCUT2D eigenvalue weighted by molar-refractivity contribution is 9.10. The predicted molar refractivity (Wildman–Crippen MR) is 83.5 cm³/mol. The minimum Gasteiger partial charge on any atom is -0.369 e. The zero-order chi connectivity index (χ0) is 13.7. The number of hydrogen-bond acceptors (Lipinski definition) is 6. The molecule has 0 atom stereocenters. The van der Waals surface area contributed by atoms with Gasteiger partial charge in [0.2, 0.25) is 5.91 Å². The SMILES string of the molecule is NC(=O)CSc1nnc(SCc2ccccc2Br)s1. The Morgan fingerprint density at radius 2 is 1.95 bits per heavy atom. The van der Waals surface area contributed by atoms with Gasteiger partial charge in [0, 0.05) is 10.2 Å². The van der Waals surface area contributed by atoms with Gasteiger partial charge < -0.3 is 5.73 Å². The van der Waals surface area contributed by atoms with Crippen LogP contribution < -0.4 is 5.73 Å². The lowest BCUT2D eigenvalue weighted by molar-refractivity contribution is -0.115. The number of hydrogen-bond donors (Lipinski definition) is 1. The fourth-order valence-electron chi connectivity index (χ4n) is 1.20. The standard InChI is InChI=1S/C11H10BrN3OS3/c12-8-4-2-1-3-7(8)5-17-10-14-15-11(19-10)18-6-9(13)16/h1-4H,5-6H2,(H2,13,16). The quantitative estimate of drug-likeness (QED) is 0.785. The number of primary amides is 1. The van der Waals surface area contributed by atoms with E-state index in [1.807, 2.05) is 18.2 Å². The summed E-state index contributed by atoms with van der Waals surface area (Å²) in [5, 5.41) is 8.10. The van der Waals surface area contributed by atoms with Crippen molar-refractivity contribution in [1.29, 1.82) is 0 Å². The van der Waals surface area contributed by atoms with Crippen LogP contribution in [0.15, 0.2) is 37.4 Å². The van der Waals surface area contributed by atoms with Crippen molar-refractivity contribution in [2.75, 3.05) is 5.75 Å². The van der Waals surface area contributed by atoms with E-state index >= 15 is 0 Å². The highest BCUT2D eigenvalue weighted by Gasteiger charge is 2.08. The molecule has 0 saturated carbocycles. The van der Waals surface area contributed by atoms with Crippen LogP contribution in [-0.2, 0) is 10.5 Å². The van der Waals surface area contributed by atoms with E-state index in [2.05, 4.69) is 32.2 Å². The maximum absolute atomic E-state index is 10.7. The molecule has 19 heavy (non-hydrogen) atoms. The van der Waals surface area contributed by atoms with Crippen LogP contribution in [0.5, 0.6) is 0 Å². The maximum Gasteiger partial charge on any atom is 0.227 e. The van der Waals surface area contributed by atoms with Gasteiger partial charge in [0.25, 0.3) is 0 Å². The number of amides is 1. The van der Waals surface area contributed by atoms with E-state index in [1.54, 1.807) is 11.8 Å². The normalized spacial score (nSPS) is 10.6. The monoisotopic (exact) mass is 375 g/mol. The minimum atomic E-state index is -0.345. The van der Waals surface area contributed by atoms with E-state index in [-0.39, 0.29) is 11.7 Å². The van der Waals surface area contributed by atoms with Crippen LogP contribution in [0.2, 0.25) is 0 Å². The Hall–Kier alpha value is -0.570. The van der Waals surface area contributed by atoms with Crippen molar-refractivity contribution in [3.63, 3.8) is 0 Å². The molecule has 0 aliphatic carbocycles. The second-order valence-electron chi connectivity index (χ2n) is 3.47. The third-order valence-corrected chi connectivity index (χ3v) is 6.07. The van der Waals surface area contributed by atoms with Crippen molar-refractivity contribution < 1.29 is 4.79 Å². The van der Waals surface area contributed by atoms with Gasteiger partial charge in [-0.2, -0.15) is 0 Å². The Kier molecular flexibility index (Phi) is 5.68. The number of nitrogens with two attached hydrogens (primary N) is 1. The highest BCUT2D eigenvalue weighted by atomic mass is 79.9. The lowest BCUT2D eigenvalue weighted by Crippen LogP contribution is -2.12. The number of nitrogens with zero attached hydrogens (tertiary/aromatic N) is 2. The lowest BCUT2D eigenvalue weighted by Gasteiger charge is -2.00. The summed E-state index contributed by atoms with van der Waals surface area (Å²) < 4.78 is 2.76. The summed E-state index contributed by atoms with van der Waals surface area (Å²) in [6.45, 7) is 0. The van der Waals surface area contributed by atoms with Gasteiger partial charge >= 0.3 is 0 Å². The van der Waals surface area contributed by atoms with Gasteiger partial charge in [0.1, 0.15) is 0 Å². The molecule has 0 radical (unpaired) electrons. The molecule has 8 heteroatoms. The first-order valence-electron chi connectivity index (χ1n) is 5.26. The summed E-state index contributed by atoms with van der Waals surface area (Å²) >= 11 is 7.95. The zero-order valence-corrected chi connectivity index (χ0v) is 13.7. The van der Waals surface area contributed by atoms with Gasteiger partial charge in [-0.25, -0.2) is 0 Å². The second kappa shape index (κ2) is 7.28. The average Bonchev–Trinajstić information content (AvgIpc) is 2.83. The first-order valence-corrected chi connectivity index (χ1v) is 8.84. The number of benzene rings is 1. The number of rotatable bonds is 6. The number of carbonyl (C=O) groups excluding carboxylic acids is 1. The molecule has 0 aliphatic rings. The molecule has 1 aromatic carbocycles. The molecule has 0 fully saturated rings. The fourth-order valence-corrected chi connectivity index (χ4v) is 4.58. The third kappa shape index (κ3) is 4.79. The van der Waals surface area contributed by atoms with Gasteiger partial charge in [-0.15, -0.1) is 10.2 Å². The molecular formula is C11H10BrN3OS3. The van der Waals surface area contributed by atoms with Gasteiger partial charge in [-0.05, 0) is 11.6 Å². The van der Waals surface area contributed by atoms with Crippen LogP contribution in [0.3, 0.4) is 0 Å². The smallest absolute Gasteiger partial charge is 0.227 e. The summed E-state index contributed by atoms with van der Waals surface area (Å²) in [4.78, 5) is 10.7. The van der Waals surface area contributed by atoms with E-state index < -0.39 is 0 Å². The van der Waals surface area contributed by atoms with E-state index in [0.29, 0.717) is 0 Å². The van der Waals surface area contributed by atoms with Gasteiger partial charge in [0.15, 0.2) is 8.68 Å². The van der Waals surface area contributed by atoms with E-state index in [0.717, 1.165) is 18.9 Å². The van der Waals surface area contributed by atoms with Crippen LogP contribution in [0.1, 0.15) is 5.56 Å². The van der Waals surface area contributed by atoms with Crippen molar-refractivity contribution >= 4 is 56.7 Å². The molecule has 2 aromatic rings. The van der Waals surface area contributed by atoms with Crippen LogP contribution in [-0.4, -0.2) is 21.9 Å². The molecule has 2 N–H and O–H groups in total. The summed E-state index contributed by atoms with van der Waals surface area (Å²) in [5.41, 5.74) is 6.30. The van der Waals surface area contributed by atoms with E-state index in [1.165, 1.54) is 28.7 Å². The molecule has 0 saturated heterocycles. The molecule has 100 valence electrons. The number of carbonyl (C=O) groups is 1. The molecular weight excluding hydrogens is 366 g/mol. The topological polar surface area (TPSA) is 68.9 Å². The number of halogens is 1. The average molecular weight is 376 g/mol. The van der Waals surface area contributed by atoms with Gasteiger partial charge in [0.05, 0.1) is 5.75 Å². The molecule has 0 aliphatic heterocycles. The second-order valence-corrected chi connectivity index (χ2v) is 7.75. The van der Waals surface area contributed by atoms with Crippen molar-refractivity contribution in [2.45, 2.75) is 14.4 Å². The van der Waals surface area contributed by atoms with Crippen LogP contribution in [0.25, 0.3) is 0 Å². The Morgan fingerprint density at radius 1 is 1.26 bits per heavy atom. The van der Waals surface area contributed by atoms with Crippen molar-refractivity contribution in [3.05, 3.63) is 34.3 Å². The third-order valence-electron chi connectivity index (χ3n) is 2.03. The first kappa shape index (κ1) is 14.8. The van der Waals surface area contributed by atoms with Crippen LogP contribution in [0.4, 0.5) is 0 Å².